The van der Waals surface area contributed by atoms with Crippen molar-refractivity contribution in [1.29, 1.82) is 0 Å². The van der Waals surface area contributed by atoms with E-state index in [2.05, 4.69) is 12.2 Å². The van der Waals surface area contributed by atoms with Crippen LogP contribution in [0.2, 0.25) is 0 Å². The number of carbonyl (C=O) groups is 1. The molecule has 0 saturated carbocycles. The van der Waals surface area contributed by atoms with E-state index in [-0.39, 0.29) is 6.03 Å². The molecule has 0 heterocycles. The van der Waals surface area contributed by atoms with Gasteiger partial charge in [-0.25, -0.2) is 4.79 Å². The standard InChI is InChI=1S/C27H32N2O3/c1-3-5-19-29(27(30)28-24-13-17-25(18-14-24)31-4-2)20-22-11-15-26(16-12-22)32-21-23-9-7-6-8-10-23/h6-18H,3-5,19-21H2,1-2H3,(H,28,30). The predicted molar refractivity (Wildman–Crippen MR) is 129 cm³/mol. The first kappa shape index (κ1) is 23.2. The number of nitrogens with one attached hydrogen (secondary N) is 1. The Bertz CT molecular complexity index is 941. The first-order valence-electron chi connectivity index (χ1n) is 11.2. The van der Waals surface area contributed by atoms with Crippen molar-refractivity contribution in [3.05, 3.63) is 90.0 Å². The molecule has 0 unspecified atom stereocenters. The van der Waals surface area contributed by atoms with E-state index in [4.69, 9.17) is 9.47 Å². The summed E-state index contributed by atoms with van der Waals surface area (Å²) in [4.78, 5) is 14.8. The maximum Gasteiger partial charge on any atom is 0.322 e. The number of anilines is 1. The highest BCUT2D eigenvalue weighted by atomic mass is 16.5. The highest BCUT2D eigenvalue weighted by Gasteiger charge is 2.14. The average molecular weight is 433 g/mol. The summed E-state index contributed by atoms with van der Waals surface area (Å²) < 4.78 is 11.3. The number of benzene rings is 3. The molecule has 1 N–H and O–H groups in total. The van der Waals surface area contributed by atoms with Crippen molar-refractivity contribution < 1.29 is 14.3 Å². The summed E-state index contributed by atoms with van der Waals surface area (Å²) in [6.07, 6.45) is 1.98. The van der Waals surface area contributed by atoms with Crippen molar-refractivity contribution in [2.45, 2.75) is 39.8 Å². The monoisotopic (exact) mass is 432 g/mol. The Morgan fingerprint density at radius 2 is 1.47 bits per heavy atom. The molecule has 5 heteroatoms. The van der Waals surface area contributed by atoms with Gasteiger partial charge in [0.25, 0.3) is 0 Å². The minimum absolute atomic E-state index is 0.105. The van der Waals surface area contributed by atoms with Crippen LogP contribution < -0.4 is 14.8 Å². The molecule has 168 valence electrons. The van der Waals surface area contributed by atoms with Gasteiger partial charge in [-0.2, -0.15) is 0 Å². The first-order valence-corrected chi connectivity index (χ1v) is 11.2. The van der Waals surface area contributed by atoms with E-state index in [0.29, 0.717) is 26.3 Å². The molecule has 2 amide bonds. The van der Waals surface area contributed by atoms with Crippen molar-refractivity contribution in [3.8, 4) is 11.5 Å². The zero-order valence-corrected chi connectivity index (χ0v) is 18.9. The summed E-state index contributed by atoms with van der Waals surface area (Å²) in [7, 11) is 0. The summed E-state index contributed by atoms with van der Waals surface area (Å²) in [5.74, 6) is 1.61. The molecule has 32 heavy (non-hydrogen) atoms. The molecule has 0 spiro atoms. The molecule has 0 atom stereocenters. The lowest BCUT2D eigenvalue weighted by molar-refractivity contribution is 0.208. The van der Waals surface area contributed by atoms with Crippen molar-refractivity contribution >= 4 is 11.7 Å². The molecule has 5 nitrogen and oxygen atoms in total. The Morgan fingerprint density at radius 3 is 2.12 bits per heavy atom. The Morgan fingerprint density at radius 1 is 0.812 bits per heavy atom. The Hall–Kier alpha value is -3.47. The third-order valence-electron chi connectivity index (χ3n) is 5.03. The molecular weight excluding hydrogens is 400 g/mol. The number of hydrogen-bond donors (Lipinski definition) is 1. The van der Waals surface area contributed by atoms with E-state index in [9.17, 15) is 4.79 Å². The molecule has 0 bridgehead atoms. The number of rotatable bonds is 11. The van der Waals surface area contributed by atoms with Crippen LogP contribution in [-0.2, 0) is 13.2 Å². The van der Waals surface area contributed by atoms with Crippen molar-refractivity contribution in [3.63, 3.8) is 0 Å². The van der Waals surface area contributed by atoms with Crippen LogP contribution in [0, 0.1) is 0 Å². The number of urea groups is 1. The molecule has 0 fully saturated rings. The van der Waals surface area contributed by atoms with Gasteiger partial charge in [-0.05, 0) is 60.9 Å². The number of hydrogen-bond acceptors (Lipinski definition) is 3. The number of unbranched alkanes of at least 4 members (excludes halogenated alkanes) is 1. The molecule has 0 saturated heterocycles. The fraction of sp³-hybridized carbons (Fsp3) is 0.296. The second-order valence-corrected chi connectivity index (χ2v) is 7.58. The summed E-state index contributed by atoms with van der Waals surface area (Å²) in [5, 5.41) is 3.00. The van der Waals surface area contributed by atoms with Crippen LogP contribution in [0.25, 0.3) is 0 Å². The van der Waals surface area contributed by atoms with E-state index in [0.717, 1.165) is 41.2 Å². The Labute approximate surface area is 191 Å². The predicted octanol–water partition coefficient (Wildman–Crippen LogP) is 6.50. The van der Waals surface area contributed by atoms with Crippen molar-refractivity contribution in [1.82, 2.24) is 4.90 Å². The maximum atomic E-state index is 12.9. The van der Waals surface area contributed by atoms with Gasteiger partial charge in [0.15, 0.2) is 0 Å². The van der Waals surface area contributed by atoms with Gasteiger partial charge in [-0.3, -0.25) is 0 Å². The topological polar surface area (TPSA) is 50.8 Å². The molecule has 0 aromatic heterocycles. The van der Waals surface area contributed by atoms with Gasteiger partial charge >= 0.3 is 6.03 Å². The number of ether oxygens (including phenoxy) is 2. The van der Waals surface area contributed by atoms with Crippen molar-refractivity contribution in [2.24, 2.45) is 0 Å². The SMILES string of the molecule is CCCCN(Cc1ccc(OCc2ccccc2)cc1)C(=O)Nc1ccc(OCC)cc1. The minimum Gasteiger partial charge on any atom is -0.494 e. The van der Waals surface area contributed by atoms with Gasteiger partial charge in [0.1, 0.15) is 18.1 Å². The number of nitrogens with zero attached hydrogens (tertiary/aromatic N) is 1. The molecule has 0 aliphatic rings. The second kappa shape index (κ2) is 12.4. The van der Waals surface area contributed by atoms with Crippen LogP contribution in [0.15, 0.2) is 78.9 Å². The number of carbonyl (C=O) groups excluding carboxylic acids is 1. The van der Waals surface area contributed by atoms with Crippen molar-refractivity contribution in [2.75, 3.05) is 18.5 Å². The Kier molecular flexibility index (Phi) is 8.99. The lowest BCUT2D eigenvalue weighted by Crippen LogP contribution is -2.35. The zero-order chi connectivity index (χ0) is 22.6. The van der Waals surface area contributed by atoms with E-state index >= 15 is 0 Å². The summed E-state index contributed by atoms with van der Waals surface area (Å²) in [6.45, 7) is 6.47. The minimum atomic E-state index is -0.105. The largest absolute Gasteiger partial charge is 0.494 e. The highest BCUT2D eigenvalue weighted by Crippen LogP contribution is 2.18. The van der Waals surface area contributed by atoms with Gasteiger partial charge in [0.05, 0.1) is 6.61 Å². The number of amides is 2. The smallest absolute Gasteiger partial charge is 0.322 e. The van der Waals surface area contributed by atoms with Gasteiger partial charge in [0, 0.05) is 18.8 Å². The summed E-state index contributed by atoms with van der Waals surface area (Å²) in [5.41, 5.74) is 2.95. The normalized spacial score (nSPS) is 10.4. The second-order valence-electron chi connectivity index (χ2n) is 7.58. The molecular formula is C27H32N2O3. The molecule has 3 aromatic rings. The molecule has 3 aromatic carbocycles. The zero-order valence-electron chi connectivity index (χ0n) is 18.9. The fourth-order valence-electron chi connectivity index (χ4n) is 3.26. The highest BCUT2D eigenvalue weighted by molar-refractivity contribution is 5.89. The van der Waals surface area contributed by atoms with Crippen LogP contribution in [0.3, 0.4) is 0 Å². The quantitative estimate of drug-likeness (QED) is 0.376. The van der Waals surface area contributed by atoms with Gasteiger partial charge in [0.2, 0.25) is 0 Å². The first-order chi connectivity index (χ1) is 15.7. The van der Waals surface area contributed by atoms with Crippen LogP contribution in [0.5, 0.6) is 11.5 Å². The maximum absolute atomic E-state index is 12.9. The molecule has 3 rings (SSSR count). The van der Waals surface area contributed by atoms with E-state index in [1.165, 1.54) is 0 Å². The third kappa shape index (κ3) is 7.34. The third-order valence-corrected chi connectivity index (χ3v) is 5.03. The fourth-order valence-corrected chi connectivity index (χ4v) is 3.26. The van der Waals surface area contributed by atoms with E-state index in [1.807, 2.05) is 90.7 Å². The average Bonchev–Trinajstić information content (AvgIpc) is 2.83. The summed E-state index contributed by atoms with van der Waals surface area (Å²) >= 11 is 0. The lowest BCUT2D eigenvalue weighted by Gasteiger charge is -2.23. The van der Waals surface area contributed by atoms with Crippen LogP contribution in [-0.4, -0.2) is 24.1 Å². The van der Waals surface area contributed by atoms with E-state index < -0.39 is 0 Å². The van der Waals surface area contributed by atoms with Gasteiger partial charge in [-0.1, -0.05) is 55.8 Å². The van der Waals surface area contributed by atoms with Crippen LogP contribution in [0.1, 0.15) is 37.8 Å². The van der Waals surface area contributed by atoms with Crippen LogP contribution in [0.4, 0.5) is 10.5 Å². The van der Waals surface area contributed by atoms with Gasteiger partial charge < -0.3 is 19.7 Å². The lowest BCUT2D eigenvalue weighted by atomic mass is 10.2. The van der Waals surface area contributed by atoms with E-state index in [1.54, 1.807) is 0 Å². The van der Waals surface area contributed by atoms with Gasteiger partial charge in [-0.15, -0.1) is 0 Å². The van der Waals surface area contributed by atoms with Crippen LogP contribution >= 0.6 is 0 Å². The molecule has 0 radical (unpaired) electrons. The Balaban J connectivity index is 1.58. The molecule has 0 aliphatic carbocycles. The summed E-state index contributed by atoms with van der Waals surface area (Å²) in [6, 6.07) is 25.4. The molecule has 0 aliphatic heterocycles.